The third-order valence-electron chi connectivity index (χ3n) is 4.79. The fourth-order valence-electron chi connectivity index (χ4n) is 3.35. The molecule has 0 spiro atoms. The van der Waals surface area contributed by atoms with Gasteiger partial charge < -0.3 is 9.80 Å². The van der Waals surface area contributed by atoms with Gasteiger partial charge in [0.05, 0.1) is 12.0 Å². The number of carbonyl (C=O) groups excluding carboxylic acids is 2. The Morgan fingerprint density at radius 1 is 1.04 bits per heavy atom. The zero-order valence-corrected chi connectivity index (χ0v) is 16.1. The fourth-order valence-corrected chi connectivity index (χ4v) is 4.05. The van der Waals surface area contributed by atoms with E-state index in [1.165, 1.54) is 0 Å². The molecular weight excluding hydrogens is 376 g/mol. The summed E-state index contributed by atoms with van der Waals surface area (Å²) in [5.74, 6) is 0.434. The zero-order chi connectivity index (χ0) is 19.3. The van der Waals surface area contributed by atoms with Crippen LogP contribution in [-0.2, 0) is 11.2 Å². The van der Waals surface area contributed by atoms with Crippen LogP contribution >= 0.6 is 11.3 Å². The van der Waals surface area contributed by atoms with E-state index in [0.29, 0.717) is 49.6 Å². The van der Waals surface area contributed by atoms with Gasteiger partial charge in [0.1, 0.15) is 0 Å². The topological polar surface area (TPSA) is 95.1 Å². The van der Waals surface area contributed by atoms with Crippen LogP contribution in [0.4, 0.5) is 0 Å². The number of H-pyrrole nitrogens is 1. The second-order valence-corrected chi connectivity index (χ2v) is 7.60. The summed E-state index contributed by atoms with van der Waals surface area (Å²) in [5, 5.41) is 16.0. The van der Waals surface area contributed by atoms with Gasteiger partial charge >= 0.3 is 0 Å². The standard InChI is InChI=1S/C19H20N6O2S/c26-17(13-14-5-3-12-28-14)24-8-4-9-25(11-10-24)19(27)16-7-2-1-6-15(16)18-20-22-23-21-18/h1-3,5-7,12H,4,8-11,13H2,(H,20,21,22,23). The largest absolute Gasteiger partial charge is 0.341 e. The van der Waals surface area contributed by atoms with Crippen molar-refractivity contribution in [2.24, 2.45) is 0 Å². The maximum Gasteiger partial charge on any atom is 0.254 e. The molecule has 9 heteroatoms. The molecule has 1 aromatic carbocycles. The smallest absolute Gasteiger partial charge is 0.254 e. The Hall–Kier alpha value is -3.07. The van der Waals surface area contributed by atoms with Crippen molar-refractivity contribution >= 4 is 23.2 Å². The van der Waals surface area contributed by atoms with Crippen LogP contribution in [0.25, 0.3) is 11.4 Å². The molecule has 144 valence electrons. The summed E-state index contributed by atoms with van der Waals surface area (Å²) >= 11 is 1.59. The molecule has 2 aromatic heterocycles. The van der Waals surface area contributed by atoms with Crippen molar-refractivity contribution in [3.05, 3.63) is 52.2 Å². The van der Waals surface area contributed by atoms with Crippen LogP contribution < -0.4 is 0 Å². The molecule has 1 saturated heterocycles. The third kappa shape index (κ3) is 3.94. The fraction of sp³-hybridized carbons (Fsp3) is 0.316. The average Bonchev–Trinajstić information content (AvgIpc) is 3.37. The summed E-state index contributed by atoms with van der Waals surface area (Å²) in [6.07, 6.45) is 1.18. The highest BCUT2D eigenvalue weighted by molar-refractivity contribution is 7.10. The number of benzene rings is 1. The highest BCUT2D eigenvalue weighted by Crippen LogP contribution is 2.21. The van der Waals surface area contributed by atoms with Gasteiger partial charge in [-0.1, -0.05) is 24.3 Å². The lowest BCUT2D eigenvalue weighted by atomic mass is 10.1. The summed E-state index contributed by atoms with van der Waals surface area (Å²) in [7, 11) is 0. The van der Waals surface area contributed by atoms with E-state index in [2.05, 4.69) is 20.6 Å². The third-order valence-corrected chi connectivity index (χ3v) is 5.66. The monoisotopic (exact) mass is 396 g/mol. The quantitative estimate of drug-likeness (QED) is 0.726. The molecule has 8 nitrogen and oxygen atoms in total. The van der Waals surface area contributed by atoms with Gasteiger partial charge in [0.25, 0.3) is 5.91 Å². The second kappa shape index (κ2) is 8.30. The van der Waals surface area contributed by atoms with E-state index in [9.17, 15) is 9.59 Å². The lowest BCUT2D eigenvalue weighted by Crippen LogP contribution is -2.38. The van der Waals surface area contributed by atoms with Gasteiger partial charge in [0.2, 0.25) is 11.7 Å². The second-order valence-electron chi connectivity index (χ2n) is 6.56. The molecule has 4 rings (SSSR count). The predicted molar refractivity (Wildman–Crippen MR) is 105 cm³/mol. The Labute approximate surface area is 166 Å². The van der Waals surface area contributed by atoms with E-state index in [1.807, 2.05) is 40.6 Å². The van der Waals surface area contributed by atoms with Gasteiger partial charge in [-0.3, -0.25) is 9.59 Å². The van der Waals surface area contributed by atoms with Crippen LogP contribution in [0, 0.1) is 0 Å². The molecule has 0 bridgehead atoms. The number of thiophene rings is 1. The Bertz CT molecular complexity index is 941. The summed E-state index contributed by atoms with van der Waals surface area (Å²) < 4.78 is 0. The molecule has 3 aromatic rings. The first kappa shape index (κ1) is 18.3. The molecule has 0 atom stereocenters. The molecular formula is C19H20N6O2S. The number of nitrogens with zero attached hydrogens (tertiary/aromatic N) is 5. The van der Waals surface area contributed by atoms with Crippen LogP contribution in [0.2, 0.25) is 0 Å². The SMILES string of the molecule is O=C(Cc1cccs1)N1CCCN(C(=O)c2ccccc2-c2nn[nH]n2)CC1. The number of aromatic nitrogens is 4. The van der Waals surface area contributed by atoms with Crippen molar-refractivity contribution in [3.63, 3.8) is 0 Å². The molecule has 1 aliphatic heterocycles. The Kier molecular flexibility index (Phi) is 5.43. The molecule has 0 aliphatic carbocycles. The van der Waals surface area contributed by atoms with Crippen molar-refractivity contribution in [1.29, 1.82) is 0 Å². The van der Waals surface area contributed by atoms with E-state index in [0.717, 1.165) is 11.3 Å². The van der Waals surface area contributed by atoms with E-state index < -0.39 is 0 Å². The molecule has 0 radical (unpaired) electrons. The van der Waals surface area contributed by atoms with E-state index in [1.54, 1.807) is 22.3 Å². The number of aromatic amines is 1. The van der Waals surface area contributed by atoms with E-state index >= 15 is 0 Å². The van der Waals surface area contributed by atoms with E-state index in [-0.39, 0.29) is 11.8 Å². The van der Waals surface area contributed by atoms with Crippen LogP contribution in [0.15, 0.2) is 41.8 Å². The van der Waals surface area contributed by atoms with Gasteiger partial charge in [-0.15, -0.1) is 21.5 Å². The van der Waals surface area contributed by atoms with Crippen molar-refractivity contribution < 1.29 is 9.59 Å². The molecule has 3 heterocycles. The lowest BCUT2D eigenvalue weighted by Gasteiger charge is -2.22. The van der Waals surface area contributed by atoms with Crippen molar-refractivity contribution in [2.75, 3.05) is 26.2 Å². The molecule has 28 heavy (non-hydrogen) atoms. The highest BCUT2D eigenvalue weighted by Gasteiger charge is 2.25. The molecule has 1 fully saturated rings. The van der Waals surface area contributed by atoms with Crippen LogP contribution in [-0.4, -0.2) is 68.4 Å². The minimum atomic E-state index is -0.0760. The number of amides is 2. The van der Waals surface area contributed by atoms with Gasteiger partial charge in [0.15, 0.2) is 0 Å². The predicted octanol–water partition coefficient (Wildman–Crippen LogP) is 1.85. The summed E-state index contributed by atoms with van der Waals surface area (Å²) in [4.78, 5) is 30.4. The van der Waals surface area contributed by atoms with Crippen molar-refractivity contribution in [1.82, 2.24) is 30.4 Å². The Morgan fingerprint density at radius 2 is 1.86 bits per heavy atom. The first-order chi connectivity index (χ1) is 13.7. The average molecular weight is 396 g/mol. The lowest BCUT2D eigenvalue weighted by molar-refractivity contribution is -0.130. The first-order valence-corrected chi connectivity index (χ1v) is 10.0. The van der Waals surface area contributed by atoms with E-state index in [4.69, 9.17) is 0 Å². The molecule has 2 amide bonds. The number of nitrogens with one attached hydrogen (secondary N) is 1. The normalized spacial score (nSPS) is 14.7. The number of rotatable bonds is 4. The zero-order valence-electron chi connectivity index (χ0n) is 15.2. The minimum Gasteiger partial charge on any atom is -0.341 e. The molecule has 0 saturated carbocycles. The number of carbonyl (C=O) groups is 2. The highest BCUT2D eigenvalue weighted by atomic mass is 32.1. The Morgan fingerprint density at radius 3 is 2.64 bits per heavy atom. The van der Waals surface area contributed by atoms with Gasteiger partial charge in [0, 0.05) is 36.6 Å². The first-order valence-electron chi connectivity index (χ1n) is 9.14. The number of tetrazole rings is 1. The molecule has 0 unspecified atom stereocenters. The van der Waals surface area contributed by atoms with Gasteiger partial charge in [-0.05, 0) is 29.1 Å². The summed E-state index contributed by atoms with van der Waals surface area (Å²) in [6.45, 7) is 2.33. The van der Waals surface area contributed by atoms with Gasteiger partial charge in [-0.25, -0.2) is 0 Å². The van der Waals surface area contributed by atoms with Crippen molar-refractivity contribution in [2.45, 2.75) is 12.8 Å². The minimum absolute atomic E-state index is 0.0760. The van der Waals surface area contributed by atoms with Crippen molar-refractivity contribution in [3.8, 4) is 11.4 Å². The van der Waals surface area contributed by atoms with Crippen LogP contribution in [0.5, 0.6) is 0 Å². The Balaban J connectivity index is 1.45. The molecule has 1 aliphatic rings. The van der Waals surface area contributed by atoms with Crippen LogP contribution in [0.3, 0.4) is 0 Å². The summed E-state index contributed by atoms with van der Waals surface area (Å²) in [5.41, 5.74) is 1.19. The maximum atomic E-state index is 13.1. The summed E-state index contributed by atoms with van der Waals surface area (Å²) in [6, 6.07) is 11.2. The maximum absolute atomic E-state index is 13.1. The van der Waals surface area contributed by atoms with Crippen LogP contribution in [0.1, 0.15) is 21.7 Å². The number of hydrogen-bond donors (Lipinski definition) is 1. The molecule has 1 N–H and O–H groups in total. The van der Waals surface area contributed by atoms with Gasteiger partial charge in [-0.2, -0.15) is 5.21 Å². The number of hydrogen-bond acceptors (Lipinski definition) is 6.